The molecule has 1 atom stereocenters. The van der Waals surface area contributed by atoms with E-state index in [0.717, 1.165) is 22.6 Å². The molecule has 0 saturated heterocycles. The first-order valence-electron chi connectivity index (χ1n) is 9.23. The van der Waals surface area contributed by atoms with Crippen molar-refractivity contribution in [3.05, 3.63) is 35.8 Å². The summed E-state index contributed by atoms with van der Waals surface area (Å²) < 4.78 is 0. The molecule has 0 bridgehead atoms. The summed E-state index contributed by atoms with van der Waals surface area (Å²) in [5.41, 5.74) is 2.71. The summed E-state index contributed by atoms with van der Waals surface area (Å²) in [6.07, 6.45) is 4.70. The topological polar surface area (TPSA) is 79.3 Å². The molecule has 0 fully saturated rings. The number of Topliss-reactive ketones (excluding diaryl/α,β-unsaturated/α-hetero) is 1. The molecule has 0 unspecified atom stereocenters. The van der Waals surface area contributed by atoms with Gasteiger partial charge in [0.15, 0.2) is 5.82 Å². The fraction of sp³-hybridized carbons (Fsp3) is 0.450. The number of anilines is 1. The average molecular weight is 367 g/mol. The lowest BCUT2D eigenvalue weighted by Gasteiger charge is -2.30. The molecule has 0 N–H and O–H groups in total. The van der Waals surface area contributed by atoms with Crippen LogP contribution in [0.3, 0.4) is 0 Å². The maximum absolute atomic E-state index is 12.6. The fourth-order valence-corrected chi connectivity index (χ4v) is 3.14. The zero-order chi connectivity index (χ0) is 19.6. The van der Waals surface area contributed by atoms with E-state index >= 15 is 0 Å². The lowest BCUT2D eigenvalue weighted by atomic mass is 10.00. The van der Waals surface area contributed by atoms with Crippen molar-refractivity contribution in [2.75, 3.05) is 25.5 Å². The quantitative estimate of drug-likeness (QED) is 0.753. The van der Waals surface area contributed by atoms with Crippen LogP contribution in [0.1, 0.15) is 31.5 Å². The molecule has 0 saturated carbocycles. The molecule has 0 spiro atoms. The molecule has 2 aromatic heterocycles. The highest BCUT2D eigenvalue weighted by Gasteiger charge is 2.31. The summed E-state index contributed by atoms with van der Waals surface area (Å²) >= 11 is 0. The predicted molar refractivity (Wildman–Crippen MR) is 103 cm³/mol. The number of hydrogen-bond donors (Lipinski definition) is 0. The largest absolute Gasteiger partial charge is 0.362 e. The van der Waals surface area contributed by atoms with Gasteiger partial charge in [0.2, 0.25) is 5.78 Å². The Bertz CT molecular complexity index is 851. The van der Waals surface area contributed by atoms with Crippen molar-refractivity contribution in [3.8, 4) is 11.4 Å². The van der Waals surface area contributed by atoms with E-state index in [1.165, 1.54) is 0 Å². The number of hydrogen-bond acceptors (Lipinski definition) is 6. The molecule has 7 nitrogen and oxygen atoms in total. The number of fused-ring (bicyclic) bond motifs is 1. The molecule has 3 heterocycles. The van der Waals surface area contributed by atoms with Gasteiger partial charge in [-0.25, -0.2) is 9.97 Å². The van der Waals surface area contributed by atoms with Crippen LogP contribution in [0.2, 0.25) is 0 Å². The Balaban J connectivity index is 1.96. The molecular weight excluding hydrogens is 342 g/mol. The van der Waals surface area contributed by atoms with Gasteiger partial charge in [-0.05, 0) is 25.0 Å². The second-order valence-corrected chi connectivity index (χ2v) is 7.08. The van der Waals surface area contributed by atoms with Crippen molar-refractivity contribution in [1.29, 1.82) is 0 Å². The van der Waals surface area contributed by atoms with Crippen LogP contribution in [0, 0.1) is 5.92 Å². The molecule has 3 rings (SSSR count). The molecule has 1 aliphatic rings. The highest BCUT2D eigenvalue weighted by molar-refractivity contribution is 6.36. The first-order chi connectivity index (χ1) is 12.9. The number of pyridine rings is 1. The fourth-order valence-electron chi connectivity index (χ4n) is 3.14. The monoisotopic (exact) mass is 367 g/mol. The Labute approximate surface area is 159 Å². The molecule has 2 aromatic rings. The van der Waals surface area contributed by atoms with Crippen molar-refractivity contribution in [1.82, 2.24) is 19.9 Å². The Hall–Kier alpha value is -2.83. The van der Waals surface area contributed by atoms with Gasteiger partial charge in [0, 0.05) is 50.1 Å². The molecule has 142 valence electrons. The molecule has 0 aromatic carbocycles. The Kier molecular flexibility index (Phi) is 5.48. The van der Waals surface area contributed by atoms with Gasteiger partial charge in [-0.3, -0.25) is 14.6 Å². The minimum atomic E-state index is -0.412. The summed E-state index contributed by atoms with van der Waals surface area (Å²) in [5, 5.41) is 0. The third-order valence-corrected chi connectivity index (χ3v) is 4.96. The standard InChI is InChI=1S/C20H25N5O2/c1-5-13(2)17(26)20(27)25-11-8-15-16(12-25)22-18(23-19(15)24(3)4)14-6-9-21-10-7-14/h6-7,9-10,13H,5,8,11-12H2,1-4H3/t13-/m1/s1. The zero-order valence-electron chi connectivity index (χ0n) is 16.3. The smallest absolute Gasteiger partial charge is 0.290 e. The van der Waals surface area contributed by atoms with Gasteiger partial charge in [0.05, 0.1) is 12.2 Å². The van der Waals surface area contributed by atoms with Gasteiger partial charge >= 0.3 is 0 Å². The van der Waals surface area contributed by atoms with Gasteiger partial charge in [0.1, 0.15) is 5.82 Å². The Morgan fingerprint density at radius 3 is 2.56 bits per heavy atom. The summed E-state index contributed by atoms with van der Waals surface area (Å²) in [6.45, 7) is 4.55. The van der Waals surface area contributed by atoms with E-state index in [4.69, 9.17) is 9.97 Å². The predicted octanol–water partition coefficient (Wildman–Crippen LogP) is 2.10. The second-order valence-electron chi connectivity index (χ2n) is 7.08. The maximum atomic E-state index is 12.6. The van der Waals surface area contributed by atoms with Crippen LogP contribution in [-0.4, -0.2) is 52.2 Å². The highest BCUT2D eigenvalue weighted by atomic mass is 16.2. The van der Waals surface area contributed by atoms with E-state index in [1.807, 2.05) is 38.1 Å². The van der Waals surface area contributed by atoms with E-state index in [1.54, 1.807) is 24.2 Å². The van der Waals surface area contributed by atoms with Crippen LogP contribution in [0.15, 0.2) is 24.5 Å². The number of rotatable bonds is 5. The van der Waals surface area contributed by atoms with Crippen molar-refractivity contribution in [3.63, 3.8) is 0 Å². The van der Waals surface area contributed by atoms with Gasteiger partial charge in [-0.15, -0.1) is 0 Å². The SMILES string of the molecule is CC[C@@H](C)C(=O)C(=O)N1CCc2c(nc(-c3ccncc3)nc2N(C)C)C1. The summed E-state index contributed by atoms with van der Waals surface area (Å²) in [5.74, 6) is 0.464. The van der Waals surface area contributed by atoms with Crippen molar-refractivity contribution in [2.45, 2.75) is 33.2 Å². The molecule has 7 heteroatoms. The van der Waals surface area contributed by atoms with Crippen molar-refractivity contribution >= 4 is 17.5 Å². The van der Waals surface area contributed by atoms with Gasteiger partial charge in [-0.1, -0.05) is 13.8 Å². The number of carbonyl (C=O) groups excluding carboxylic acids is 2. The molecular formula is C20H25N5O2. The van der Waals surface area contributed by atoms with Crippen LogP contribution >= 0.6 is 0 Å². The van der Waals surface area contributed by atoms with E-state index < -0.39 is 5.91 Å². The summed E-state index contributed by atoms with van der Waals surface area (Å²) in [4.78, 5) is 42.0. The minimum Gasteiger partial charge on any atom is -0.362 e. The minimum absolute atomic E-state index is 0.256. The molecule has 1 aliphatic heterocycles. The Morgan fingerprint density at radius 1 is 1.22 bits per heavy atom. The molecule has 27 heavy (non-hydrogen) atoms. The number of aromatic nitrogens is 3. The van der Waals surface area contributed by atoms with Crippen LogP contribution < -0.4 is 4.90 Å². The normalized spacial score (nSPS) is 14.4. The first kappa shape index (κ1) is 18.9. The zero-order valence-corrected chi connectivity index (χ0v) is 16.3. The second kappa shape index (κ2) is 7.82. The lowest BCUT2D eigenvalue weighted by Crippen LogP contribution is -2.42. The molecule has 0 radical (unpaired) electrons. The van der Waals surface area contributed by atoms with Gasteiger partial charge in [-0.2, -0.15) is 0 Å². The van der Waals surface area contributed by atoms with Crippen LogP contribution in [0.5, 0.6) is 0 Å². The van der Waals surface area contributed by atoms with E-state index in [-0.39, 0.29) is 11.7 Å². The average Bonchev–Trinajstić information content (AvgIpc) is 2.71. The maximum Gasteiger partial charge on any atom is 0.290 e. The number of amides is 1. The van der Waals surface area contributed by atoms with E-state index in [2.05, 4.69) is 4.98 Å². The lowest BCUT2D eigenvalue weighted by molar-refractivity contribution is -0.147. The number of nitrogens with zero attached hydrogens (tertiary/aromatic N) is 5. The first-order valence-corrected chi connectivity index (χ1v) is 9.23. The van der Waals surface area contributed by atoms with Crippen molar-refractivity contribution in [2.24, 2.45) is 5.92 Å². The highest BCUT2D eigenvalue weighted by Crippen LogP contribution is 2.28. The number of ketones is 1. The Morgan fingerprint density at radius 2 is 1.93 bits per heavy atom. The molecule has 1 amide bonds. The van der Waals surface area contributed by atoms with Crippen LogP contribution in [0.25, 0.3) is 11.4 Å². The summed E-state index contributed by atoms with van der Waals surface area (Å²) in [7, 11) is 3.89. The van der Waals surface area contributed by atoms with E-state index in [9.17, 15) is 9.59 Å². The van der Waals surface area contributed by atoms with Gasteiger partial charge < -0.3 is 9.80 Å². The van der Waals surface area contributed by atoms with Crippen molar-refractivity contribution < 1.29 is 9.59 Å². The van der Waals surface area contributed by atoms with E-state index in [0.29, 0.717) is 31.8 Å². The van der Waals surface area contributed by atoms with Crippen LogP contribution in [0.4, 0.5) is 5.82 Å². The van der Waals surface area contributed by atoms with Crippen LogP contribution in [-0.2, 0) is 22.6 Å². The molecule has 0 aliphatic carbocycles. The third kappa shape index (κ3) is 3.82. The summed E-state index contributed by atoms with van der Waals surface area (Å²) in [6, 6.07) is 3.72. The third-order valence-electron chi connectivity index (χ3n) is 4.96. The van der Waals surface area contributed by atoms with Gasteiger partial charge in [0.25, 0.3) is 5.91 Å². The number of carbonyl (C=O) groups is 2.